The lowest BCUT2D eigenvalue weighted by Gasteiger charge is -2.33. The summed E-state index contributed by atoms with van der Waals surface area (Å²) < 4.78 is 0. The number of piperazine rings is 1. The third-order valence-corrected chi connectivity index (χ3v) is 4.04. The molecule has 1 aromatic carbocycles. The fraction of sp³-hybridized carbons (Fsp3) is 0.235. The fourth-order valence-corrected chi connectivity index (χ4v) is 2.91. The van der Waals surface area contributed by atoms with Crippen molar-refractivity contribution in [1.82, 2.24) is 15.2 Å². The number of nitrogens with zero attached hydrogens (tertiary/aromatic N) is 1. The normalized spacial score (nSPS) is 20.2. The van der Waals surface area contributed by atoms with Gasteiger partial charge in [0, 0.05) is 30.4 Å². The Morgan fingerprint density at radius 1 is 1.30 bits per heavy atom. The maximum absolute atomic E-state index is 12.4. The van der Waals surface area contributed by atoms with E-state index in [9.17, 15) is 14.4 Å². The van der Waals surface area contributed by atoms with Gasteiger partial charge in [0.25, 0.3) is 5.91 Å². The first-order chi connectivity index (χ1) is 11.0. The highest BCUT2D eigenvalue weighted by Crippen LogP contribution is 2.23. The van der Waals surface area contributed by atoms with E-state index in [1.807, 2.05) is 30.5 Å². The van der Waals surface area contributed by atoms with E-state index in [1.54, 1.807) is 6.92 Å². The van der Waals surface area contributed by atoms with Gasteiger partial charge in [0.15, 0.2) is 0 Å². The number of carbonyl (C=O) groups excluding carboxylic acids is 3. The summed E-state index contributed by atoms with van der Waals surface area (Å²) in [5, 5.41) is 3.56. The molecule has 1 aliphatic heterocycles. The first-order valence-corrected chi connectivity index (χ1v) is 7.39. The van der Waals surface area contributed by atoms with E-state index in [4.69, 9.17) is 0 Å². The second-order valence-electron chi connectivity index (χ2n) is 5.47. The molecule has 2 heterocycles. The molecule has 23 heavy (non-hydrogen) atoms. The average molecular weight is 311 g/mol. The number of amides is 3. The number of para-hydroxylation sites is 1. The summed E-state index contributed by atoms with van der Waals surface area (Å²) in [6.45, 7) is 2.94. The summed E-state index contributed by atoms with van der Waals surface area (Å²) in [4.78, 5) is 40.8. The van der Waals surface area contributed by atoms with Crippen LogP contribution in [0.4, 0.5) is 0 Å². The minimum Gasteiger partial charge on any atom is -0.361 e. The predicted octanol–water partition coefficient (Wildman–Crippen LogP) is 1.49. The van der Waals surface area contributed by atoms with Gasteiger partial charge in [-0.25, -0.2) is 0 Å². The molecule has 0 aliphatic carbocycles. The number of aromatic nitrogens is 1. The van der Waals surface area contributed by atoms with Crippen molar-refractivity contribution in [1.29, 1.82) is 0 Å². The molecule has 2 aromatic rings. The van der Waals surface area contributed by atoms with Crippen LogP contribution in [-0.4, -0.2) is 33.6 Å². The number of benzene rings is 1. The number of rotatable bonds is 2. The zero-order valence-electron chi connectivity index (χ0n) is 12.9. The van der Waals surface area contributed by atoms with Gasteiger partial charge < -0.3 is 10.3 Å². The maximum Gasteiger partial charge on any atom is 0.277 e. The molecule has 2 N–H and O–H groups in total. The Labute approximate surface area is 133 Å². The number of carbonyl (C=O) groups is 3. The molecule has 3 amide bonds. The fourth-order valence-electron chi connectivity index (χ4n) is 2.91. The number of imide groups is 1. The highest BCUT2D eigenvalue weighted by atomic mass is 16.2. The molecule has 118 valence electrons. The third-order valence-electron chi connectivity index (χ3n) is 4.04. The Balaban J connectivity index is 1.98. The highest BCUT2D eigenvalue weighted by molar-refractivity contribution is 6.12. The van der Waals surface area contributed by atoms with Crippen molar-refractivity contribution in [3.63, 3.8) is 0 Å². The summed E-state index contributed by atoms with van der Waals surface area (Å²) in [5.74, 6) is -1.25. The lowest BCUT2D eigenvalue weighted by Crippen LogP contribution is -2.59. The smallest absolute Gasteiger partial charge is 0.277 e. The lowest BCUT2D eigenvalue weighted by atomic mass is 10.0. The van der Waals surface area contributed by atoms with Gasteiger partial charge in [0.1, 0.15) is 11.7 Å². The predicted molar refractivity (Wildman–Crippen MR) is 85.2 cm³/mol. The van der Waals surface area contributed by atoms with Gasteiger partial charge in [-0.1, -0.05) is 24.3 Å². The van der Waals surface area contributed by atoms with Crippen molar-refractivity contribution in [3.8, 4) is 0 Å². The monoisotopic (exact) mass is 311 g/mol. The van der Waals surface area contributed by atoms with Gasteiger partial charge >= 0.3 is 0 Å². The van der Waals surface area contributed by atoms with Crippen molar-refractivity contribution in [2.24, 2.45) is 0 Å². The zero-order valence-corrected chi connectivity index (χ0v) is 12.9. The van der Waals surface area contributed by atoms with E-state index in [0.717, 1.165) is 21.4 Å². The number of allylic oxidation sites excluding steroid dienone is 1. The second kappa shape index (κ2) is 5.72. The number of hydrogen-bond acceptors (Lipinski definition) is 3. The van der Waals surface area contributed by atoms with Crippen molar-refractivity contribution in [2.45, 2.75) is 26.3 Å². The molecule has 1 fully saturated rings. The van der Waals surface area contributed by atoms with E-state index in [1.165, 1.54) is 13.0 Å². The van der Waals surface area contributed by atoms with E-state index >= 15 is 0 Å². The molecule has 0 radical (unpaired) electrons. The van der Waals surface area contributed by atoms with Crippen LogP contribution in [0.5, 0.6) is 0 Å². The van der Waals surface area contributed by atoms with Crippen LogP contribution in [-0.2, 0) is 20.8 Å². The average Bonchev–Trinajstić information content (AvgIpc) is 2.93. The van der Waals surface area contributed by atoms with Gasteiger partial charge in [-0.05, 0) is 18.6 Å². The molecule has 1 atom stereocenters. The van der Waals surface area contributed by atoms with Crippen molar-refractivity contribution < 1.29 is 14.4 Å². The molecule has 0 saturated carbocycles. The number of aromatic amines is 1. The summed E-state index contributed by atoms with van der Waals surface area (Å²) in [6, 6.07) is 6.86. The van der Waals surface area contributed by atoms with E-state index in [-0.39, 0.29) is 18.0 Å². The minimum atomic E-state index is -0.845. The van der Waals surface area contributed by atoms with Gasteiger partial charge in [-0.15, -0.1) is 0 Å². The molecule has 1 aliphatic rings. The zero-order chi connectivity index (χ0) is 16.6. The lowest BCUT2D eigenvalue weighted by molar-refractivity contribution is -0.152. The Kier molecular flexibility index (Phi) is 3.73. The first-order valence-electron chi connectivity index (χ1n) is 7.39. The van der Waals surface area contributed by atoms with Crippen molar-refractivity contribution in [3.05, 3.63) is 47.8 Å². The van der Waals surface area contributed by atoms with Crippen LogP contribution in [0.1, 0.15) is 19.4 Å². The minimum absolute atomic E-state index is 0.139. The quantitative estimate of drug-likeness (QED) is 0.824. The maximum atomic E-state index is 12.4. The molecule has 0 spiro atoms. The molecule has 6 nitrogen and oxygen atoms in total. The number of fused-ring (bicyclic) bond motifs is 1. The molecule has 0 bridgehead atoms. The van der Waals surface area contributed by atoms with Gasteiger partial charge in [0.05, 0.1) is 0 Å². The Morgan fingerprint density at radius 3 is 2.74 bits per heavy atom. The Hall–Kier alpha value is -2.89. The topological polar surface area (TPSA) is 82.3 Å². The van der Waals surface area contributed by atoms with Gasteiger partial charge in [-0.3, -0.25) is 19.3 Å². The Bertz CT molecular complexity index is 834. The summed E-state index contributed by atoms with van der Waals surface area (Å²) in [6.07, 6.45) is 3.59. The highest BCUT2D eigenvalue weighted by Gasteiger charge is 2.39. The Morgan fingerprint density at radius 2 is 2.04 bits per heavy atom. The molecular formula is C17H17N3O3. The number of nitrogens with one attached hydrogen (secondary N) is 2. The summed E-state index contributed by atoms with van der Waals surface area (Å²) in [5.41, 5.74) is 1.98. The number of H-pyrrole nitrogens is 1. The van der Waals surface area contributed by atoms with Crippen molar-refractivity contribution >= 4 is 28.6 Å². The molecule has 0 unspecified atom stereocenters. The molecule has 1 saturated heterocycles. The van der Waals surface area contributed by atoms with E-state index in [2.05, 4.69) is 10.3 Å². The largest absolute Gasteiger partial charge is 0.361 e. The first kappa shape index (κ1) is 15.0. The summed E-state index contributed by atoms with van der Waals surface area (Å²) in [7, 11) is 0. The molecule has 1 aromatic heterocycles. The van der Waals surface area contributed by atoms with Crippen LogP contribution in [0, 0.1) is 0 Å². The van der Waals surface area contributed by atoms with Crippen LogP contribution in [0.25, 0.3) is 10.9 Å². The standard InChI is InChI=1S/C17H17N3O3/c1-3-13-17(23)20(10(2)21)15(16(22)19-13)8-11-9-18-14-7-5-4-6-12(11)14/h3-7,9,15,18H,8H2,1-2H3,(H,19,22)/b13-3-/t15-/m0/s1. The van der Waals surface area contributed by atoms with E-state index in [0.29, 0.717) is 0 Å². The van der Waals surface area contributed by atoms with Gasteiger partial charge in [0.2, 0.25) is 11.8 Å². The van der Waals surface area contributed by atoms with Crippen LogP contribution >= 0.6 is 0 Å². The SMILES string of the molecule is C/C=C1\NC(=O)[C@H](Cc2c[nH]c3ccccc23)N(C(C)=O)C1=O. The molecular weight excluding hydrogens is 294 g/mol. The molecule has 3 rings (SSSR count). The van der Waals surface area contributed by atoms with E-state index < -0.39 is 17.9 Å². The van der Waals surface area contributed by atoms with Gasteiger partial charge in [-0.2, -0.15) is 0 Å². The van der Waals surface area contributed by atoms with Crippen LogP contribution in [0.15, 0.2) is 42.2 Å². The third kappa shape index (κ3) is 2.52. The van der Waals surface area contributed by atoms with Crippen LogP contribution < -0.4 is 5.32 Å². The summed E-state index contributed by atoms with van der Waals surface area (Å²) >= 11 is 0. The van der Waals surface area contributed by atoms with Crippen LogP contribution in [0.2, 0.25) is 0 Å². The number of hydrogen-bond donors (Lipinski definition) is 2. The van der Waals surface area contributed by atoms with Crippen molar-refractivity contribution in [2.75, 3.05) is 0 Å². The molecule has 6 heteroatoms. The second-order valence-corrected chi connectivity index (χ2v) is 5.47. The van der Waals surface area contributed by atoms with Crippen LogP contribution in [0.3, 0.4) is 0 Å².